The Hall–Kier alpha value is -3.70. The Morgan fingerprint density at radius 3 is 2.87 bits per heavy atom. The number of halogens is 1. The smallest absolute Gasteiger partial charge is 0.442 e. The van der Waals surface area contributed by atoms with Crippen molar-refractivity contribution < 1.29 is 23.1 Å². The van der Waals surface area contributed by atoms with Crippen LogP contribution in [0.4, 0.5) is 15.0 Å². The number of benzene rings is 1. The fourth-order valence-electron chi connectivity index (χ4n) is 3.28. The molecule has 0 unspecified atom stereocenters. The van der Waals surface area contributed by atoms with E-state index in [0.717, 1.165) is 5.56 Å². The van der Waals surface area contributed by atoms with Crippen molar-refractivity contribution in [3.8, 4) is 11.5 Å². The lowest BCUT2D eigenvalue weighted by molar-refractivity contribution is 0.0530. The van der Waals surface area contributed by atoms with Crippen LogP contribution in [0.25, 0.3) is 11.5 Å². The van der Waals surface area contributed by atoms with Crippen molar-refractivity contribution in [2.45, 2.75) is 38.8 Å². The van der Waals surface area contributed by atoms with Crippen LogP contribution in [0.2, 0.25) is 0 Å². The fourth-order valence-corrected chi connectivity index (χ4v) is 3.28. The van der Waals surface area contributed by atoms with Gasteiger partial charge in [0.1, 0.15) is 11.4 Å². The summed E-state index contributed by atoms with van der Waals surface area (Å²) in [5, 5.41) is 17.0. The summed E-state index contributed by atoms with van der Waals surface area (Å²) in [7, 11) is 0. The molecule has 31 heavy (non-hydrogen) atoms. The van der Waals surface area contributed by atoms with E-state index in [1.54, 1.807) is 26.8 Å². The highest BCUT2D eigenvalue weighted by Crippen LogP contribution is 2.38. The summed E-state index contributed by atoms with van der Waals surface area (Å²) >= 11 is 0. The van der Waals surface area contributed by atoms with Crippen molar-refractivity contribution in [1.82, 2.24) is 25.4 Å². The number of nitrogens with one attached hydrogen (secondary N) is 2. The van der Waals surface area contributed by atoms with Crippen molar-refractivity contribution in [3.05, 3.63) is 45.7 Å². The van der Waals surface area contributed by atoms with Gasteiger partial charge in [-0.2, -0.15) is 0 Å². The molecule has 11 nitrogen and oxygen atoms in total. The third-order valence-electron chi connectivity index (χ3n) is 4.61. The number of carbonyl (C=O) groups is 1. The summed E-state index contributed by atoms with van der Waals surface area (Å²) in [5.74, 6) is -0.770. The van der Waals surface area contributed by atoms with Crippen molar-refractivity contribution in [3.63, 3.8) is 0 Å². The predicted molar refractivity (Wildman–Crippen MR) is 105 cm³/mol. The Morgan fingerprint density at radius 2 is 2.10 bits per heavy atom. The van der Waals surface area contributed by atoms with E-state index in [0.29, 0.717) is 12.0 Å². The molecule has 4 rings (SSSR count). The zero-order chi connectivity index (χ0) is 22.2. The first-order valence-electron chi connectivity index (χ1n) is 9.63. The minimum atomic E-state index is -0.699. The summed E-state index contributed by atoms with van der Waals surface area (Å²) in [5.41, 5.74) is 1.18. The van der Waals surface area contributed by atoms with Crippen molar-refractivity contribution in [2.75, 3.05) is 18.4 Å². The van der Waals surface area contributed by atoms with E-state index >= 15 is 0 Å². The Morgan fingerprint density at radius 1 is 1.29 bits per heavy atom. The van der Waals surface area contributed by atoms with Gasteiger partial charge in [0.2, 0.25) is 11.6 Å². The molecule has 0 saturated heterocycles. The molecule has 1 aliphatic carbocycles. The quantitative estimate of drug-likeness (QED) is 0.561. The molecule has 2 N–H and O–H groups in total. The number of amides is 1. The first kappa shape index (κ1) is 20.6. The molecule has 0 fully saturated rings. The van der Waals surface area contributed by atoms with Crippen LogP contribution < -0.4 is 16.4 Å². The standard InChI is InChI=1S/C19H21FN6O5/c1-19(2,3)29-17(27)22-7-6-21-15-14(23-31-24-15)16-25-30-18(28)26(16)13-8-10-4-5-11(20)9-12(10)13/h4-5,9,13H,6-8H2,1-3H3,(H,21,24)(H,22,27)/t13-/m0/s1. The molecule has 1 atom stereocenters. The number of carbonyl (C=O) groups excluding carboxylic acids is 1. The Balaban J connectivity index is 1.46. The molecular weight excluding hydrogens is 411 g/mol. The number of anilines is 1. The highest BCUT2D eigenvalue weighted by atomic mass is 19.1. The van der Waals surface area contributed by atoms with E-state index < -0.39 is 29.3 Å². The second-order valence-electron chi connectivity index (χ2n) is 8.02. The van der Waals surface area contributed by atoms with E-state index in [2.05, 4.69) is 26.1 Å². The fraction of sp³-hybridized carbons (Fsp3) is 0.421. The van der Waals surface area contributed by atoms with E-state index in [9.17, 15) is 14.0 Å². The van der Waals surface area contributed by atoms with Crippen LogP contribution in [-0.4, -0.2) is 44.8 Å². The van der Waals surface area contributed by atoms with E-state index in [1.807, 2.05) is 0 Å². The van der Waals surface area contributed by atoms with Crippen molar-refractivity contribution in [1.29, 1.82) is 0 Å². The molecule has 2 aromatic heterocycles. The first-order valence-corrected chi connectivity index (χ1v) is 9.63. The second-order valence-corrected chi connectivity index (χ2v) is 8.02. The highest BCUT2D eigenvalue weighted by Gasteiger charge is 2.34. The average molecular weight is 432 g/mol. The maximum absolute atomic E-state index is 13.6. The molecule has 12 heteroatoms. The number of aromatic nitrogens is 4. The van der Waals surface area contributed by atoms with Crippen LogP contribution in [0.15, 0.2) is 32.1 Å². The molecule has 1 amide bonds. The maximum Gasteiger partial charge on any atom is 0.442 e. The molecule has 0 spiro atoms. The van der Waals surface area contributed by atoms with Gasteiger partial charge in [-0.25, -0.2) is 23.2 Å². The van der Waals surface area contributed by atoms with Crippen LogP contribution in [0, 0.1) is 5.82 Å². The van der Waals surface area contributed by atoms with Crippen LogP contribution in [0.5, 0.6) is 0 Å². The van der Waals surface area contributed by atoms with Gasteiger partial charge in [0, 0.05) is 13.1 Å². The zero-order valence-electron chi connectivity index (χ0n) is 17.1. The number of ether oxygens (including phenoxy) is 1. The van der Waals surface area contributed by atoms with Gasteiger partial charge in [0.25, 0.3) is 0 Å². The molecule has 0 radical (unpaired) electrons. The highest BCUT2D eigenvalue weighted by molar-refractivity contribution is 5.68. The molecule has 0 bridgehead atoms. The van der Waals surface area contributed by atoms with Gasteiger partial charge in [-0.1, -0.05) is 11.2 Å². The van der Waals surface area contributed by atoms with Gasteiger partial charge in [0.05, 0.1) is 6.04 Å². The summed E-state index contributed by atoms with van der Waals surface area (Å²) in [6.07, 6.45) is -0.0218. The summed E-state index contributed by atoms with van der Waals surface area (Å²) in [6.45, 7) is 5.82. The van der Waals surface area contributed by atoms with E-state index in [-0.39, 0.29) is 30.4 Å². The zero-order valence-corrected chi connectivity index (χ0v) is 17.1. The minimum Gasteiger partial charge on any atom is -0.444 e. The van der Waals surface area contributed by atoms with Gasteiger partial charge in [-0.3, -0.25) is 4.52 Å². The minimum absolute atomic E-state index is 0.105. The third-order valence-corrected chi connectivity index (χ3v) is 4.61. The Kier molecular flexibility index (Phi) is 5.21. The van der Waals surface area contributed by atoms with Gasteiger partial charge < -0.3 is 15.4 Å². The molecule has 0 aliphatic heterocycles. The number of hydrogen-bond acceptors (Lipinski definition) is 9. The number of rotatable bonds is 6. The largest absolute Gasteiger partial charge is 0.444 e. The summed E-state index contributed by atoms with van der Waals surface area (Å²) in [6, 6.07) is 4.01. The molecule has 3 aromatic rings. The van der Waals surface area contributed by atoms with Gasteiger partial charge >= 0.3 is 11.8 Å². The number of nitrogens with zero attached hydrogens (tertiary/aromatic N) is 4. The number of fused-ring (bicyclic) bond motifs is 1. The number of alkyl carbamates (subject to hydrolysis) is 1. The molecule has 1 aliphatic rings. The lowest BCUT2D eigenvalue weighted by atomic mass is 9.83. The van der Waals surface area contributed by atoms with Crippen LogP contribution in [0.3, 0.4) is 0 Å². The Labute approximate surface area is 175 Å². The molecule has 2 heterocycles. The van der Waals surface area contributed by atoms with E-state index in [4.69, 9.17) is 13.9 Å². The van der Waals surface area contributed by atoms with Crippen LogP contribution in [-0.2, 0) is 11.2 Å². The lowest BCUT2D eigenvalue weighted by Crippen LogP contribution is -2.35. The van der Waals surface area contributed by atoms with Crippen molar-refractivity contribution >= 4 is 11.9 Å². The topological polar surface area (TPSA) is 137 Å². The normalized spacial score (nSPS) is 15.2. The second kappa shape index (κ2) is 7.85. The molecule has 164 valence electrons. The monoisotopic (exact) mass is 432 g/mol. The van der Waals surface area contributed by atoms with Crippen LogP contribution >= 0.6 is 0 Å². The van der Waals surface area contributed by atoms with E-state index in [1.165, 1.54) is 16.7 Å². The average Bonchev–Trinajstić information content (AvgIpc) is 3.27. The summed E-state index contributed by atoms with van der Waals surface area (Å²) in [4.78, 5) is 24.0. The maximum atomic E-state index is 13.6. The van der Waals surface area contributed by atoms with Crippen LogP contribution in [0.1, 0.15) is 37.9 Å². The SMILES string of the molecule is CC(C)(C)OC(=O)NCCNc1nonc1-c1noc(=O)n1[C@H]1Cc2ccc(F)cc21. The van der Waals surface area contributed by atoms with Gasteiger partial charge in [0.15, 0.2) is 5.69 Å². The van der Waals surface area contributed by atoms with Crippen molar-refractivity contribution in [2.24, 2.45) is 0 Å². The van der Waals surface area contributed by atoms with Gasteiger partial charge in [-0.05, 0) is 60.8 Å². The molecular formula is C19H21FN6O5. The summed E-state index contributed by atoms with van der Waals surface area (Å²) < 4.78 is 29.7. The van der Waals surface area contributed by atoms with Gasteiger partial charge in [-0.15, -0.1) is 0 Å². The predicted octanol–water partition coefficient (Wildman–Crippen LogP) is 2.11. The Bertz CT molecular complexity index is 1160. The lowest BCUT2D eigenvalue weighted by Gasteiger charge is -2.30. The first-order chi connectivity index (χ1) is 14.7. The third kappa shape index (κ3) is 4.27. The number of hydrogen-bond donors (Lipinski definition) is 2. The molecule has 0 saturated carbocycles. The molecule has 1 aromatic carbocycles.